The number of anilines is 2. The van der Waals surface area contributed by atoms with Gasteiger partial charge in [0.05, 0.1) is 28.3 Å². The maximum atomic E-state index is 13.0. The average Bonchev–Trinajstić information content (AvgIpc) is 2.68. The number of aryl methyl sites for hydroxylation is 3. The lowest BCUT2D eigenvalue weighted by molar-refractivity contribution is 0.417. The minimum absolute atomic E-state index is 0.0721. The topological polar surface area (TPSA) is 122 Å². The van der Waals surface area contributed by atoms with Crippen molar-refractivity contribution in [2.45, 2.75) is 30.6 Å². The van der Waals surface area contributed by atoms with Gasteiger partial charge in [0.15, 0.2) is 0 Å². The molecule has 0 aliphatic heterocycles. The van der Waals surface area contributed by atoms with Gasteiger partial charge in [-0.1, -0.05) is 29.8 Å². The van der Waals surface area contributed by atoms with Gasteiger partial charge in [0.2, 0.25) is 0 Å². The summed E-state index contributed by atoms with van der Waals surface area (Å²) in [5.41, 5.74) is 1.95. The highest BCUT2D eigenvalue weighted by Crippen LogP contribution is 2.32. The zero-order chi connectivity index (χ0) is 23.7. The number of sulfonamides is 2. The van der Waals surface area contributed by atoms with Crippen LogP contribution in [0.1, 0.15) is 16.7 Å². The number of phenolic OH excluding ortho intramolecular Hbond substituents is 1. The number of benzene rings is 3. The van der Waals surface area contributed by atoms with Gasteiger partial charge in [0.25, 0.3) is 20.0 Å². The molecule has 0 radical (unpaired) electrons. The Morgan fingerprint density at radius 1 is 0.781 bits per heavy atom. The number of hydrogen-bond donors (Lipinski definition) is 3. The summed E-state index contributed by atoms with van der Waals surface area (Å²) in [6.07, 6.45) is 0. The molecule has 3 rings (SSSR count). The fraction of sp³-hybridized carbons (Fsp3) is 0.182. The molecule has 0 atom stereocenters. The fourth-order valence-electron chi connectivity index (χ4n) is 3.48. The zero-order valence-corrected chi connectivity index (χ0v) is 19.6. The van der Waals surface area contributed by atoms with E-state index < -0.39 is 25.8 Å². The largest absolute Gasteiger partial charge is 0.506 e. The first-order chi connectivity index (χ1) is 14.9. The molecule has 3 aromatic carbocycles. The van der Waals surface area contributed by atoms with E-state index >= 15 is 0 Å². The normalized spacial score (nSPS) is 11.8. The Kier molecular flexibility index (Phi) is 6.38. The van der Waals surface area contributed by atoms with Crippen LogP contribution in [0.15, 0.2) is 64.4 Å². The molecule has 0 amide bonds. The van der Waals surface area contributed by atoms with Gasteiger partial charge in [-0.2, -0.15) is 0 Å². The molecule has 170 valence electrons. The third-order valence-electron chi connectivity index (χ3n) is 4.75. The summed E-state index contributed by atoms with van der Waals surface area (Å²) in [4.78, 5) is -0.167. The van der Waals surface area contributed by atoms with Crippen LogP contribution in [-0.4, -0.2) is 29.1 Å². The minimum Gasteiger partial charge on any atom is -0.506 e. The molecule has 0 spiro atoms. The molecule has 0 fully saturated rings. The van der Waals surface area contributed by atoms with Gasteiger partial charge < -0.3 is 9.84 Å². The van der Waals surface area contributed by atoms with E-state index in [4.69, 9.17) is 4.74 Å². The second-order valence-electron chi connectivity index (χ2n) is 7.32. The van der Waals surface area contributed by atoms with Gasteiger partial charge in [-0.3, -0.25) is 9.44 Å². The molecule has 0 heterocycles. The molecule has 8 nitrogen and oxygen atoms in total. The van der Waals surface area contributed by atoms with Crippen molar-refractivity contribution >= 4 is 31.4 Å². The van der Waals surface area contributed by atoms with Crippen LogP contribution in [0, 0.1) is 20.8 Å². The van der Waals surface area contributed by atoms with Crippen molar-refractivity contribution in [1.82, 2.24) is 0 Å². The number of methoxy groups -OCH3 is 1. The van der Waals surface area contributed by atoms with Crippen molar-refractivity contribution in [2.75, 3.05) is 16.6 Å². The van der Waals surface area contributed by atoms with Gasteiger partial charge in [-0.15, -0.1) is 0 Å². The van der Waals surface area contributed by atoms with Crippen molar-refractivity contribution in [3.63, 3.8) is 0 Å². The lowest BCUT2D eigenvalue weighted by atomic mass is 10.1. The lowest BCUT2D eigenvalue weighted by Gasteiger charge is -2.16. The highest BCUT2D eigenvalue weighted by atomic mass is 32.2. The first-order valence-corrected chi connectivity index (χ1v) is 12.5. The van der Waals surface area contributed by atoms with Gasteiger partial charge in [0, 0.05) is 0 Å². The average molecular weight is 477 g/mol. The van der Waals surface area contributed by atoms with Crippen molar-refractivity contribution in [1.29, 1.82) is 0 Å². The Hall–Kier alpha value is -3.24. The molecule has 0 saturated carbocycles. The van der Waals surface area contributed by atoms with E-state index in [9.17, 15) is 21.9 Å². The smallest absolute Gasteiger partial charge is 0.262 e. The molecular formula is C22H24N2O6S2. The number of nitrogens with one attached hydrogen (secondary N) is 2. The first kappa shape index (κ1) is 23.4. The number of hydrogen-bond acceptors (Lipinski definition) is 6. The van der Waals surface area contributed by atoms with E-state index in [1.807, 2.05) is 6.92 Å². The van der Waals surface area contributed by atoms with Crippen LogP contribution in [0.25, 0.3) is 0 Å². The van der Waals surface area contributed by atoms with Gasteiger partial charge in [-0.05, 0) is 62.2 Å². The predicted molar refractivity (Wildman–Crippen MR) is 123 cm³/mol. The van der Waals surface area contributed by atoms with Gasteiger partial charge >= 0.3 is 0 Å². The Labute approximate surface area is 188 Å². The minimum atomic E-state index is -4.10. The SMILES string of the molecule is COc1ccccc1NS(=O)(=O)c1ccc(O)c(NS(=O)(=O)c2c(C)cc(C)cc2C)c1. The summed E-state index contributed by atoms with van der Waals surface area (Å²) in [5, 5.41) is 10.2. The number of rotatable bonds is 7. The maximum Gasteiger partial charge on any atom is 0.262 e. The van der Waals surface area contributed by atoms with E-state index in [0.29, 0.717) is 16.9 Å². The highest BCUT2D eigenvalue weighted by Gasteiger charge is 2.23. The van der Waals surface area contributed by atoms with Crippen LogP contribution < -0.4 is 14.2 Å². The molecule has 0 unspecified atom stereocenters. The van der Waals surface area contributed by atoms with Crippen LogP contribution in [0.5, 0.6) is 11.5 Å². The molecule has 3 N–H and O–H groups in total. The summed E-state index contributed by atoms with van der Waals surface area (Å²) in [6, 6.07) is 13.3. The molecular weight excluding hydrogens is 452 g/mol. The second-order valence-corrected chi connectivity index (χ2v) is 10.6. The van der Waals surface area contributed by atoms with Crippen LogP contribution in [-0.2, 0) is 20.0 Å². The standard InChI is InChI=1S/C22H24N2O6S2/c1-14-11-15(2)22(16(3)12-14)32(28,29)24-19-13-17(9-10-20(19)25)31(26,27)23-18-7-5-6-8-21(18)30-4/h5-13,23-25H,1-4H3. The molecule has 10 heteroatoms. The summed E-state index contributed by atoms with van der Waals surface area (Å²) >= 11 is 0. The summed E-state index contributed by atoms with van der Waals surface area (Å²) in [7, 11) is -6.78. The molecule has 0 bridgehead atoms. The van der Waals surface area contributed by atoms with E-state index in [0.717, 1.165) is 17.7 Å². The quantitative estimate of drug-likeness (QED) is 0.444. The Morgan fingerprint density at radius 2 is 1.38 bits per heavy atom. The van der Waals surface area contributed by atoms with Crippen molar-refractivity contribution in [2.24, 2.45) is 0 Å². The molecule has 0 aliphatic carbocycles. The van der Waals surface area contributed by atoms with Crippen LogP contribution in [0.2, 0.25) is 0 Å². The van der Waals surface area contributed by atoms with Crippen molar-refractivity contribution in [3.8, 4) is 11.5 Å². The molecule has 3 aromatic rings. The molecule has 0 aromatic heterocycles. The van der Waals surface area contributed by atoms with Crippen molar-refractivity contribution in [3.05, 3.63) is 71.3 Å². The molecule has 0 saturated heterocycles. The van der Waals surface area contributed by atoms with E-state index in [1.54, 1.807) is 44.2 Å². The van der Waals surface area contributed by atoms with Crippen LogP contribution >= 0.6 is 0 Å². The van der Waals surface area contributed by atoms with E-state index in [-0.39, 0.29) is 21.2 Å². The zero-order valence-electron chi connectivity index (χ0n) is 18.0. The second kappa shape index (κ2) is 8.71. The summed E-state index contributed by atoms with van der Waals surface area (Å²) in [5.74, 6) is -0.0895. The number of phenols is 1. The Balaban J connectivity index is 1.99. The third kappa shape index (κ3) is 4.81. The van der Waals surface area contributed by atoms with E-state index in [2.05, 4.69) is 9.44 Å². The third-order valence-corrected chi connectivity index (χ3v) is 7.78. The van der Waals surface area contributed by atoms with Crippen molar-refractivity contribution < 1.29 is 26.7 Å². The number of ether oxygens (including phenoxy) is 1. The lowest BCUT2D eigenvalue weighted by Crippen LogP contribution is -2.17. The van der Waals surface area contributed by atoms with Gasteiger partial charge in [0.1, 0.15) is 11.5 Å². The monoisotopic (exact) mass is 476 g/mol. The summed E-state index contributed by atoms with van der Waals surface area (Å²) in [6.45, 7) is 5.21. The van der Waals surface area contributed by atoms with Gasteiger partial charge in [-0.25, -0.2) is 16.8 Å². The number of para-hydroxylation sites is 2. The Bertz CT molecular complexity index is 1360. The molecule has 32 heavy (non-hydrogen) atoms. The maximum absolute atomic E-state index is 13.0. The number of aromatic hydroxyl groups is 1. The predicted octanol–water partition coefficient (Wildman–Crippen LogP) is 3.93. The van der Waals surface area contributed by atoms with Crippen LogP contribution in [0.3, 0.4) is 0 Å². The van der Waals surface area contributed by atoms with E-state index in [1.165, 1.54) is 19.2 Å². The summed E-state index contributed by atoms with van der Waals surface area (Å²) < 4.78 is 61.7. The molecule has 0 aliphatic rings. The highest BCUT2D eigenvalue weighted by molar-refractivity contribution is 7.93. The first-order valence-electron chi connectivity index (χ1n) is 9.54. The van der Waals surface area contributed by atoms with Crippen LogP contribution in [0.4, 0.5) is 11.4 Å². The Morgan fingerprint density at radius 3 is 2.00 bits per heavy atom. The fourth-order valence-corrected chi connectivity index (χ4v) is 6.10.